The van der Waals surface area contributed by atoms with Crippen LogP contribution in [0.2, 0.25) is 0 Å². The summed E-state index contributed by atoms with van der Waals surface area (Å²) >= 11 is 0. The van der Waals surface area contributed by atoms with Crippen LogP contribution >= 0.6 is 0 Å². The standard InChI is InChI=1S/C22H25N3O3/c1-14-7-6-8-18(11-14)21-23-20(28-24-21)13-25(5)22(26)17(4)27-19-12-15(2)9-10-16(19)3/h6-12,17H,13H2,1-5H3/t17-/m1/s1. The minimum Gasteiger partial charge on any atom is -0.481 e. The van der Waals surface area contributed by atoms with Crippen molar-refractivity contribution < 1.29 is 14.1 Å². The minimum atomic E-state index is -0.621. The lowest BCUT2D eigenvalue weighted by atomic mass is 10.1. The number of amides is 1. The first-order valence-electron chi connectivity index (χ1n) is 9.22. The molecule has 0 saturated carbocycles. The highest BCUT2D eigenvalue weighted by molar-refractivity contribution is 5.80. The van der Waals surface area contributed by atoms with Crippen molar-refractivity contribution in [3.05, 3.63) is 65.0 Å². The van der Waals surface area contributed by atoms with Gasteiger partial charge in [-0.25, -0.2) is 0 Å². The molecule has 0 aliphatic carbocycles. The largest absolute Gasteiger partial charge is 0.481 e. The lowest BCUT2D eigenvalue weighted by Gasteiger charge is -2.21. The monoisotopic (exact) mass is 379 g/mol. The van der Waals surface area contributed by atoms with Crippen LogP contribution in [0.25, 0.3) is 11.4 Å². The number of aryl methyl sites for hydroxylation is 3. The van der Waals surface area contributed by atoms with E-state index in [0.29, 0.717) is 17.5 Å². The first-order chi connectivity index (χ1) is 13.3. The van der Waals surface area contributed by atoms with Gasteiger partial charge in [-0.15, -0.1) is 0 Å². The molecule has 146 valence electrons. The van der Waals surface area contributed by atoms with E-state index >= 15 is 0 Å². The van der Waals surface area contributed by atoms with Crippen LogP contribution in [0.4, 0.5) is 0 Å². The summed E-state index contributed by atoms with van der Waals surface area (Å²) in [6, 6.07) is 13.8. The number of benzene rings is 2. The van der Waals surface area contributed by atoms with Gasteiger partial charge < -0.3 is 14.2 Å². The van der Waals surface area contributed by atoms with E-state index in [2.05, 4.69) is 10.1 Å². The number of aromatic nitrogens is 2. The summed E-state index contributed by atoms with van der Waals surface area (Å²) in [6.45, 7) is 7.92. The smallest absolute Gasteiger partial charge is 0.263 e. The molecule has 28 heavy (non-hydrogen) atoms. The van der Waals surface area contributed by atoms with Gasteiger partial charge in [0.25, 0.3) is 5.91 Å². The molecule has 1 heterocycles. The fourth-order valence-electron chi connectivity index (χ4n) is 2.89. The van der Waals surface area contributed by atoms with Gasteiger partial charge in [0.2, 0.25) is 11.7 Å². The van der Waals surface area contributed by atoms with Gasteiger partial charge >= 0.3 is 0 Å². The first-order valence-corrected chi connectivity index (χ1v) is 9.22. The summed E-state index contributed by atoms with van der Waals surface area (Å²) in [5.74, 6) is 1.45. The third-order valence-electron chi connectivity index (χ3n) is 4.49. The van der Waals surface area contributed by atoms with E-state index in [1.54, 1.807) is 14.0 Å². The molecule has 0 aliphatic heterocycles. The van der Waals surface area contributed by atoms with Crippen molar-refractivity contribution in [2.75, 3.05) is 7.05 Å². The summed E-state index contributed by atoms with van der Waals surface area (Å²) in [5, 5.41) is 4.02. The maximum atomic E-state index is 12.7. The highest BCUT2D eigenvalue weighted by Gasteiger charge is 2.22. The average molecular weight is 379 g/mol. The van der Waals surface area contributed by atoms with Crippen LogP contribution in [0.5, 0.6) is 5.75 Å². The second kappa shape index (κ2) is 8.25. The molecule has 0 aliphatic rings. The van der Waals surface area contributed by atoms with Crippen molar-refractivity contribution in [1.82, 2.24) is 15.0 Å². The highest BCUT2D eigenvalue weighted by atomic mass is 16.5. The zero-order valence-electron chi connectivity index (χ0n) is 16.9. The zero-order chi connectivity index (χ0) is 20.3. The van der Waals surface area contributed by atoms with E-state index in [-0.39, 0.29) is 12.5 Å². The quantitative estimate of drug-likeness (QED) is 0.645. The zero-order valence-corrected chi connectivity index (χ0v) is 16.9. The van der Waals surface area contributed by atoms with Crippen LogP contribution in [-0.4, -0.2) is 34.1 Å². The van der Waals surface area contributed by atoms with E-state index in [4.69, 9.17) is 9.26 Å². The maximum Gasteiger partial charge on any atom is 0.263 e. The molecule has 0 radical (unpaired) electrons. The van der Waals surface area contributed by atoms with Crippen molar-refractivity contribution >= 4 is 5.91 Å². The molecular formula is C22H25N3O3. The Labute approximate surface area is 165 Å². The van der Waals surface area contributed by atoms with Gasteiger partial charge in [0.15, 0.2) is 6.10 Å². The van der Waals surface area contributed by atoms with Crippen LogP contribution in [-0.2, 0) is 11.3 Å². The summed E-state index contributed by atoms with van der Waals surface area (Å²) in [5.41, 5.74) is 4.08. The molecule has 0 bridgehead atoms. The van der Waals surface area contributed by atoms with E-state index in [1.165, 1.54) is 4.90 Å². The van der Waals surface area contributed by atoms with Gasteiger partial charge in [0.05, 0.1) is 6.54 Å². The average Bonchev–Trinajstić information content (AvgIpc) is 3.12. The molecule has 3 aromatic rings. The second-order valence-electron chi connectivity index (χ2n) is 7.10. The van der Waals surface area contributed by atoms with Crippen LogP contribution in [0.15, 0.2) is 47.0 Å². The Kier molecular flexibility index (Phi) is 5.78. The SMILES string of the molecule is Cc1cccc(-c2noc(CN(C)C(=O)[C@@H](C)Oc3cc(C)ccc3C)n2)c1. The molecule has 6 nitrogen and oxygen atoms in total. The van der Waals surface area contributed by atoms with Crippen LogP contribution in [0.1, 0.15) is 29.5 Å². The van der Waals surface area contributed by atoms with E-state index in [0.717, 1.165) is 22.3 Å². The van der Waals surface area contributed by atoms with Crippen molar-refractivity contribution in [2.45, 2.75) is 40.3 Å². The summed E-state index contributed by atoms with van der Waals surface area (Å²) < 4.78 is 11.2. The van der Waals surface area contributed by atoms with Crippen molar-refractivity contribution in [2.24, 2.45) is 0 Å². The van der Waals surface area contributed by atoms with Crippen molar-refractivity contribution in [3.63, 3.8) is 0 Å². The Morgan fingerprint density at radius 1 is 1.14 bits per heavy atom. The van der Waals surface area contributed by atoms with Crippen molar-refractivity contribution in [3.8, 4) is 17.1 Å². The molecule has 3 rings (SSSR count). The molecule has 1 amide bonds. The number of likely N-dealkylation sites (N-methyl/N-ethyl adjacent to an activating group) is 1. The van der Waals surface area contributed by atoms with Gasteiger partial charge in [0, 0.05) is 12.6 Å². The third kappa shape index (κ3) is 4.57. The van der Waals surface area contributed by atoms with Crippen LogP contribution < -0.4 is 4.74 Å². The third-order valence-corrected chi connectivity index (χ3v) is 4.49. The number of carbonyl (C=O) groups excluding carboxylic acids is 1. The molecule has 0 fully saturated rings. The van der Waals surface area contributed by atoms with Gasteiger partial charge in [-0.2, -0.15) is 4.98 Å². The fourth-order valence-corrected chi connectivity index (χ4v) is 2.89. The predicted molar refractivity (Wildman–Crippen MR) is 107 cm³/mol. The lowest BCUT2D eigenvalue weighted by molar-refractivity contribution is -0.137. The number of ether oxygens (including phenoxy) is 1. The Balaban J connectivity index is 1.65. The molecule has 0 N–H and O–H groups in total. The lowest BCUT2D eigenvalue weighted by Crippen LogP contribution is -2.37. The molecule has 1 atom stereocenters. The number of hydrogen-bond donors (Lipinski definition) is 0. The molecule has 2 aromatic carbocycles. The van der Waals surface area contributed by atoms with E-state index in [9.17, 15) is 4.79 Å². The minimum absolute atomic E-state index is 0.156. The van der Waals surface area contributed by atoms with Crippen LogP contribution in [0.3, 0.4) is 0 Å². The number of hydrogen-bond acceptors (Lipinski definition) is 5. The Morgan fingerprint density at radius 3 is 2.64 bits per heavy atom. The second-order valence-corrected chi connectivity index (χ2v) is 7.10. The Bertz CT molecular complexity index is 981. The molecule has 0 unspecified atom stereocenters. The maximum absolute atomic E-state index is 12.7. The number of carbonyl (C=O) groups is 1. The highest BCUT2D eigenvalue weighted by Crippen LogP contribution is 2.21. The Morgan fingerprint density at radius 2 is 1.89 bits per heavy atom. The number of rotatable bonds is 6. The molecule has 0 spiro atoms. The topological polar surface area (TPSA) is 68.5 Å². The molecule has 6 heteroatoms. The molecule has 1 aromatic heterocycles. The Hall–Kier alpha value is -3.15. The number of nitrogens with zero attached hydrogens (tertiary/aromatic N) is 3. The molecular weight excluding hydrogens is 354 g/mol. The summed E-state index contributed by atoms with van der Waals surface area (Å²) in [6.07, 6.45) is -0.621. The first kappa shape index (κ1) is 19.6. The van der Waals surface area contributed by atoms with E-state index < -0.39 is 6.10 Å². The van der Waals surface area contributed by atoms with E-state index in [1.807, 2.05) is 63.2 Å². The summed E-state index contributed by atoms with van der Waals surface area (Å²) in [4.78, 5) is 18.6. The summed E-state index contributed by atoms with van der Waals surface area (Å²) in [7, 11) is 1.70. The normalized spacial score (nSPS) is 11.9. The van der Waals surface area contributed by atoms with Gasteiger partial charge in [-0.3, -0.25) is 4.79 Å². The predicted octanol–water partition coefficient (Wildman–Crippen LogP) is 4.09. The van der Waals surface area contributed by atoms with Crippen molar-refractivity contribution in [1.29, 1.82) is 0 Å². The molecule has 0 saturated heterocycles. The fraction of sp³-hybridized carbons (Fsp3) is 0.318. The van der Waals surface area contributed by atoms with Gasteiger partial charge in [-0.05, 0) is 51.0 Å². The van der Waals surface area contributed by atoms with Gasteiger partial charge in [0.1, 0.15) is 5.75 Å². The van der Waals surface area contributed by atoms with Crippen LogP contribution in [0, 0.1) is 20.8 Å². The van der Waals surface area contributed by atoms with Gasteiger partial charge in [-0.1, -0.05) is 41.1 Å².